The van der Waals surface area contributed by atoms with Crippen LogP contribution in [0.3, 0.4) is 0 Å². The molecule has 6 heteroatoms. The average molecular weight is 248 g/mol. The van der Waals surface area contributed by atoms with E-state index >= 15 is 0 Å². The van der Waals surface area contributed by atoms with E-state index in [1.165, 1.54) is 4.90 Å². The summed E-state index contributed by atoms with van der Waals surface area (Å²) in [6, 6.07) is 0. The lowest BCUT2D eigenvalue weighted by Gasteiger charge is -2.20. The van der Waals surface area contributed by atoms with Crippen molar-refractivity contribution in [3.63, 3.8) is 0 Å². The Kier molecular flexibility index (Phi) is 2.31. The van der Waals surface area contributed by atoms with Crippen LogP contribution in [0.2, 0.25) is 0 Å². The van der Waals surface area contributed by atoms with Crippen molar-refractivity contribution in [1.82, 2.24) is 14.8 Å². The van der Waals surface area contributed by atoms with Crippen LogP contribution in [-0.4, -0.2) is 32.0 Å². The third-order valence-electron chi connectivity index (χ3n) is 3.81. The lowest BCUT2D eigenvalue weighted by Crippen LogP contribution is -2.37. The standard InChI is InChI=1S/C12H16N4O2/c1-6-7(2)11(18)16(10(6)17)12-14-13-9(15(12)3)8-4-5-8/h8,10,17H,4-5H2,1-3H3. The van der Waals surface area contributed by atoms with E-state index in [1.54, 1.807) is 13.8 Å². The monoisotopic (exact) mass is 248 g/mol. The fraction of sp³-hybridized carbons (Fsp3) is 0.583. The molecule has 3 rings (SSSR count). The number of aromatic nitrogens is 3. The van der Waals surface area contributed by atoms with Gasteiger partial charge in [-0.25, -0.2) is 4.90 Å². The second kappa shape index (κ2) is 3.65. The summed E-state index contributed by atoms with van der Waals surface area (Å²) in [6.45, 7) is 3.48. The first-order chi connectivity index (χ1) is 8.52. The second-order valence-electron chi connectivity index (χ2n) is 5.05. The molecule has 2 aliphatic rings. The zero-order valence-corrected chi connectivity index (χ0v) is 10.7. The molecule has 0 bridgehead atoms. The molecular weight excluding hydrogens is 232 g/mol. The lowest BCUT2D eigenvalue weighted by atomic mass is 10.2. The van der Waals surface area contributed by atoms with E-state index in [9.17, 15) is 9.90 Å². The van der Waals surface area contributed by atoms with Gasteiger partial charge in [-0.15, -0.1) is 10.2 Å². The highest BCUT2D eigenvalue weighted by Gasteiger charge is 2.39. The molecule has 0 aromatic carbocycles. The number of nitrogens with zero attached hydrogens (tertiary/aromatic N) is 4. The Bertz CT molecular complexity index is 556. The molecule has 0 radical (unpaired) electrons. The van der Waals surface area contributed by atoms with Gasteiger partial charge in [0.25, 0.3) is 5.91 Å². The fourth-order valence-corrected chi connectivity index (χ4v) is 2.29. The molecule has 1 unspecified atom stereocenters. The molecule has 0 saturated heterocycles. The molecule has 1 aliphatic heterocycles. The maximum absolute atomic E-state index is 12.1. The topological polar surface area (TPSA) is 71.2 Å². The maximum atomic E-state index is 12.1. The molecule has 1 aromatic rings. The molecule has 1 atom stereocenters. The van der Waals surface area contributed by atoms with Gasteiger partial charge in [0, 0.05) is 18.5 Å². The van der Waals surface area contributed by atoms with E-state index in [-0.39, 0.29) is 5.91 Å². The Labute approximate surface area is 105 Å². The van der Waals surface area contributed by atoms with Gasteiger partial charge in [0.15, 0.2) is 6.23 Å². The third kappa shape index (κ3) is 1.42. The molecule has 2 heterocycles. The van der Waals surface area contributed by atoms with Gasteiger partial charge < -0.3 is 5.11 Å². The van der Waals surface area contributed by atoms with Crippen LogP contribution in [0, 0.1) is 0 Å². The predicted octanol–water partition coefficient (Wildman–Crippen LogP) is 0.694. The van der Waals surface area contributed by atoms with Gasteiger partial charge >= 0.3 is 0 Å². The van der Waals surface area contributed by atoms with Crippen LogP contribution in [0.25, 0.3) is 0 Å². The zero-order valence-electron chi connectivity index (χ0n) is 10.7. The molecule has 6 nitrogen and oxygen atoms in total. The molecule has 1 saturated carbocycles. The number of hydrogen-bond acceptors (Lipinski definition) is 4. The second-order valence-corrected chi connectivity index (χ2v) is 5.05. The highest BCUT2D eigenvalue weighted by molar-refractivity contribution is 6.08. The number of hydrogen-bond donors (Lipinski definition) is 1. The summed E-state index contributed by atoms with van der Waals surface area (Å²) in [5.41, 5.74) is 1.26. The first-order valence-electron chi connectivity index (χ1n) is 6.10. The summed E-state index contributed by atoms with van der Waals surface area (Å²) < 4.78 is 1.81. The largest absolute Gasteiger partial charge is 0.369 e. The minimum absolute atomic E-state index is 0.196. The first-order valence-corrected chi connectivity index (χ1v) is 6.10. The number of rotatable bonds is 2. The summed E-state index contributed by atoms with van der Waals surface area (Å²) in [5.74, 6) is 1.58. The molecule has 96 valence electrons. The number of aliphatic hydroxyl groups is 1. The average Bonchev–Trinajstić information content (AvgIpc) is 3.09. The van der Waals surface area contributed by atoms with E-state index < -0.39 is 6.23 Å². The van der Waals surface area contributed by atoms with Crippen molar-refractivity contribution >= 4 is 11.9 Å². The molecule has 1 N–H and O–H groups in total. The summed E-state index contributed by atoms with van der Waals surface area (Å²) in [6.07, 6.45) is 1.32. The molecule has 1 amide bonds. The number of aliphatic hydroxyl groups excluding tert-OH is 1. The first kappa shape index (κ1) is 11.4. The minimum atomic E-state index is -0.924. The molecule has 1 fully saturated rings. The minimum Gasteiger partial charge on any atom is -0.369 e. The van der Waals surface area contributed by atoms with Gasteiger partial charge in [-0.2, -0.15) is 0 Å². The Morgan fingerprint density at radius 1 is 1.28 bits per heavy atom. The van der Waals surface area contributed by atoms with Crippen molar-refractivity contribution < 1.29 is 9.90 Å². The summed E-state index contributed by atoms with van der Waals surface area (Å²) in [7, 11) is 1.84. The van der Waals surface area contributed by atoms with E-state index in [0.29, 0.717) is 23.0 Å². The molecular formula is C12H16N4O2. The van der Waals surface area contributed by atoms with Crippen LogP contribution in [-0.2, 0) is 11.8 Å². The Morgan fingerprint density at radius 2 is 1.94 bits per heavy atom. The number of carbonyl (C=O) groups excluding carboxylic acids is 1. The van der Waals surface area contributed by atoms with E-state index in [0.717, 1.165) is 18.7 Å². The quantitative estimate of drug-likeness (QED) is 0.836. The van der Waals surface area contributed by atoms with Crippen LogP contribution < -0.4 is 4.90 Å². The normalized spacial score (nSPS) is 24.3. The summed E-state index contributed by atoms with van der Waals surface area (Å²) >= 11 is 0. The Morgan fingerprint density at radius 3 is 2.44 bits per heavy atom. The van der Waals surface area contributed by atoms with E-state index in [4.69, 9.17) is 0 Å². The third-order valence-corrected chi connectivity index (χ3v) is 3.81. The van der Waals surface area contributed by atoms with Crippen molar-refractivity contribution in [3.05, 3.63) is 17.0 Å². The fourth-order valence-electron chi connectivity index (χ4n) is 2.29. The smallest absolute Gasteiger partial charge is 0.258 e. The molecule has 1 aliphatic carbocycles. The van der Waals surface area contributed by atoms with E-state index in [1.807, 2.05) is 11.6 Å². The zero-order chi connectivity index (χ0) is 13.0. The van der Waals surface area contributed by atoms with Crippen LogP contribution >= 0.6 is 0 Å². The van der Waals surface area contributed by atoms with Gasteiger partial charge in [0.05, 0.1) is 0 Å². The van der Waals surface area contributed by atoms with Gasteiger partial charge in [-0.3, -0.25) is 9.36 Å². The SMILES string of the molecule is CC1=C(C)C(O)N(c2nnc(C3CC3)n2C)C1=O. The number of carbonyl (C=O) groups is 1. The van der Waals surface area contributed by atoms with Crippen LogP contribution in [0.4, 0.5) is 5.95 Å². The van der Waals surface area contributed by atoms with Crippen LogP contribution in [0.1, 0.15) is 38.4 Å². The molecule has 18 heavy (non-hydrogen) atoms. The van der Waals surface area contributed by atoms with E-state index in [2.05, 4.69) is 10.2 Å². The van der Waals surface area contributed by atoms with Gasteiger partial charge in [0.2, 0.25) is 5.95 Å². The van der Waals surface area contributed by atoms with Gasteiger partial charge in [-0.1, -0.05) is 0 Å². The molecule has 0 spiro atoms. The Hall–Kier alpha value is -1.69. The maximum Gasteiger partial charge on any atom is 0.258 e. The van der Waals surface area contributed by atoms with Crippen LogP contribution in [0.5, 0.6) is 0 Å². The van der Waals surface area contributed by atoms with Crippen molar-refractivity contribution in [2.24, 2.45) is 7.05 Å². The van der Waals surface area contributed by atoms with Crippen molar-refractivity contribution in [3.8, 4) is 0 Å². The van der Waals surface area contributed by atoms with Crippen LogP contribution in [0.15, 0.2) is 11.1 Å². The predicted molar refractivity (Wildman–Crippen MR) is 64.8 cm³/mol. The lowest BCUT2D eigenvalue weighted by molar-refractivity contribution is -0.115. The van der Waals surface area contributed by atoms with Gasteiger partial charge in [-0.05, 0) is 32.3 Å². The Balaban J connectivity index is 1.99. The number of anilines is 1. The summed E-state index contributed by atoms with van der Waals surface area (Å²) in [5, 5.41) is 18.3. The van der Waals surface area contributed by atoms with Crippen molar-refractivity contribution in [2.75, 3.05) is 4.90 Å². The number of amides is 1. The highest BCUT2D eigenvalue weighted by Crippen LogP contribution is 2.40. The highest BCUT2D eigenvalue weighted by atomic mass is 16.3. The van der Waals surface area contributed by atoms with Gasteiger partial charge in [0.1, 0.15) is 5.82 Å². The summed E-state index contributed by atoms with van der Waals surface area (Å²) in [4.78, 5) is 13.4. The molecule has 1 aromatic heterocycles. The van der Waals surface area contributed by atoms with Crippen molar-refractivity contribution in [2.45, 2.75) is 38.8 Å². The van der Waals surface area contributed by atoms with Crippen molar-refractivity contribution in [1.29, 1.82) is 0 Å².